The summed E-state index contributed by atoms with van der Waals surface area (Å²) in [5, 5.41) is 1.87. The first-order valence-electron chi connectivity index (χ1n) is 18.7. The fraction of sp³-hybridized carbons (Fsp3) is 0.217. The number of ether oxygens (including phenoxy) is 5. The molecule has 6 aromatic rings. The van der Waals surface area contributed by atoms with Crippen LogP contribution in [0.4, 0.5) is 8.78 Å². The van der Waals surface area contributed by atoms with Crippen LogP contribution in [0.5, 0.6) is 23.0 Å². The zero-order chi connectivity index (χ0) is 40.6. The van der Waals surface area contributed by atoms with Crippen LogP contribution < -0.4 is 29.4 Å². The highest BCUT2D eigenvalue weighted by atomic mass is 19.2. The van der Waals surface area contributed by atoms with Gasteiger partial charge in [-0.15, -0.1) is 0 Å². The fourth-order valence-corrected chi connectivity index (χ4v) is 6.99. The van der Waals surface area contributed by atoms with Crippen LogP contribution in [-0.2, 0) is 24.6 Å². The van der Waals surface area contributed by atoms with Gasteiger partial charge >= 0.3 is 0 Å². The van der Waals surface area contributed by atoms with Gasteiger partial charge in [-0.2, -0.15) is 0 Å². The molecule has 0 bridgehead atoms. The maximum Gasteiger partial charge on any atom is 0.277 e. The van der Waals surface area contributed by atoms with E-state index in [-0.39, 0.29) is 49.0 Å². The molecule has 0 saturated heterocycles. The van der Waals surface area contributed by atoms with Gasteiger partial charge in [-0.1, -0.05) is 84.9 Å². The lowest BCUT2D eigenvalue weighted by Gasteiger charge is -2.49. The maximum atomic E-state index is 15.6. The molecule has 0 aliphatic carbocycles. The van der Waals surface area contributed by atoms with E-state index in [0.717, 1.165) is 34.6 Å². The molecule has 5 aromatic carbocycles. The number of carbonyl (C=O) groups excluding carboxylic acids is 1. The van der Waals surface area contributed by atoms with E-state index < -0.39 is 35.2 Å². The highest BCUT2D eigenvalue weighted by Crippen LogP contribution is 2.40. The predicted octanol–water partition coefficient (Wildman–Crippen LogP) is 8.05. The molecule has 0 fully saturated rings. The van der Waals surface area contributed by atoms with Crippen LogP contribution in [-0.4, -0.2) is 49.5 Å². The van der Waals surface area contributed by atoms with Crippen molar-refractivity contribution < 1.29 is 37.3 Å². The molecule has 1 aromatic heterocycles. The smallest absolute Gasteiger partial charge is 0.277 e. The van der Waals surface area contributed by atoms with Gasteiger partial charge in [0.05, 0.1) is 27.4 Å². The number of rotatable bonds is 16. The number of nitrogens with zero attached hydrogens (tertiary/aromatic N) is 3. The number of hydrogen-bond donors (Lipinski definition) is 0. The fourth-order valence-electron chi connectivity index (χ4n) is 6.99. The number of carbonyl (C=O) groups is 1. The van der Waals surface area contributed by atoms with Crippen molar-refractivity contribution in [1.29, 1.82) is 0 Å². The lowest BCUT2D eigenvalue weighted by Crippen LogP contribution is -2.61. The van der Waals surface area contributed by atoms with Crippen molar-refractivity contribution in [3.8, 4) is 23.0 Å². The van der Waals surface area contributed by atoms with Crippen molar-refractivity contribution in [3.63, 3.8) is 0 Å². The van der Waals surface area contributed by atoms with Crippen molar-refractivity contribution in [2.75, 3.05) is 32.9 Å². The third kappa shape index (κ3) is 8.67. The Morgan fingerprint density at radius 2 is 1.24 bits per heavy atom. The lowest BCUT2D eigenvalue weighted by molar-refractivity contribution is 0.0497. The Balaban J connectivity index is 1.33. The van der Waals surface area contributed by atoms with Crippen molar-refractivity contribution in [2.24, 2.45) is 0 Å². The van der Waals surface area contributed by atoms with Crippen molar-refractivity contribution in [2.45, 2.75) is 38.4 Å². The molecule has 2 atom stereocenters. The Bertz CT molecular complexity index is 2380. The van der Waals surface area contributed by atoms with Crippen LogP contribution in [0.1, 0.15) is 50.8 Å². The average Bonchev–Trinajstić information content (AvgIpc) is 3.26. The number of methoxy groups -OCH3 is 2. The van der Waals surface area contributed by atoms with Crippen LogP contribution >= 0.6 is 0 Å². The zero-order valence-electron chi connectivity index (χ0n) is 32.3. The number of halogens is 2. The van der Waals surface area contributed by atoms with Gasteiger partial charge in [0.15, 0.2) is 23.1 Å². The van der Waals surface area contributed by atoms with E-state index in [1.807, 2.05) is 102 Å². The molecule has 10 nitrogen and oxygen atoms in total. The number of pyridine rings is 1. The molecule has 1 aliphatic rings. The van der Waals surface area contributed by atoms with Crippen LogP contribution in [0.2, 0.25) is 0 Å². The van der Waals surface area contributed by atoms with E-state index >= 15 is 8.78 Å². The Kier molecular flexibility index (Phi) is 12.3. The molecule has 7 rings (SSSR count). The highest BCUT2D eigenvalue weighted by molar-refractivity contribution is 5.96. The molecule has 298 valence electrons. The Hall–Kier alpha value is -6.66. The van der Waals surface area contributed by atoms with Gasteiger partial charge in [-0.05, 0) is 52.6 Å². The second-order valence-corrected chi connectivity index (χ2v) is 13.7. The van der Waals surface area contributed by atoms with Crippen LogP contribution in [0.3, 0.4) is 0 Å². The third-order valence-corrected chi connectivity index (χ3v) is 10.0. The van der Waals surface area contributed by atoms with Gasteiger partial charge in [0.2, 0.25) is 5.43 Å². The van der Waals surface area contributed by atoms with Crippen LogP contribution in [0, 0.1) is 11.6 Å². The van der Waals surface area contributed by atoms with Gasteiger partial charge in [0.1, 0.15) is 42.7 Å². The number of fused-ring (bicyclic) bond motifs is 1. The standard InChI is InChI=1S/C46H43F2N3O7/c1-49-42(23-25-56-28-32-14-18-35(54-2)19-15-32)51(50-24-22-40(52)45(44(50)46(49)53)58-30-31-10-6-4-7-11-31)43(34-12-8-5-9-13-34)37-26-38(47)39(48)27-41(37)57-29-33-16-20-36(55-3)21-17-33/h4-22,24,26-27,42-43H,23,25,28-30H2,1-3H3. The van der Waals surface area contributed by atoms with Gasteiger partial charge in [0.25, 0.3) is 5.91 Å². The van der Waals surface area contributed by atoms with Gasteiger partial charge < -0.3 is 28.6 Å². The van der Waals surface area contributed by atoms with E-state index in [0.29, 0.717) is 17.9 Å². The summed E-state index contributed by atoms with van der Waals surface area (Å²) in [6.07, 6.45) is 1.05. The average molecular weight is 788 g/mol. The first-order chi connectivity index (χ1) is 28.2. The summed E-state index contributed by atoms with van der Waals surface area (Å²) in [6, 6.07) is 35.9. The predicted molar refractivity (Wildman–Crippen MR) is 215 cm³/mol. The summed E-state index contributed by atoms with van der Waals surface area (Å²) in [5.41, 5.74) is 2.94. The van der Waals surface area contributed by atoms with Crippen molar-refractivity contribution in [1.82, 2.24) is 9.58 Å². The number of hydrogen-bond acceptors (Lipinski definition) is 8. The topological polar surface area (TPSA) is 91.7 Å². The van der Waals surface area contributed by atoms with Crippen LogP contribution in [0.25, 0.3) is 0 Å². The molecule has 2 heterocycles. The summed E-state index contributed by atoms with van der Waals surface area (Å²) < 4.78 is 61.6. The van der Waals surface area contributed by atoms with Crippen molar-refractivity contribution in [3.05, 3.63) is 189 Å². The number of amides is 1. The minimum absolute atomic E-state index is 0.0226. The maximum absolute atomic E-state index is 15.6. The Morgan fingerprint density at radius 3 is 1.88 bits per heavy atom. The molecule has 2 unspecified atom stereocenters. The summed E-state index contributed by atoms with van der Waals surface area (Å²) in [5.74, 6) is -1.31. The summed E-state index contributed by atoms with van der Waals surface area (Å²) in [6.45, 7) is 0.564. The molecule has 0 saturated carbocycles. The van der Waals surface area contributed by atoms with E-state index in [2.05, 4.69) is 0 Å². The largest absolute Gasteiger partial charge is 0.497 e. The van der Waals surface area contributed by atoms with E-state index in [1.165, 1.54) is 17.2 Å². The summed E-state index contributed by atoms with van der Waals surface area (Å²) in [7, 11) is 4.81. The van der Waals surface area contributed by atoms with Gasteiger partial charge in [0, 0.05) is 37.4 Å². The Labute approximate surface area is 335 Å². The summed E-state index contributed by atoms with van der Waals surface area (Å²) in [4.78, 5) is 29.6. The third-order valence-electron chi connectivity index (χ3n) is 10.0. The molecule has 12 heteroatoms. The zero-order valence-corrected chi connectivity index (χ0v) is 32.3. The molecule has 0 N–H and O–H groups in total. The molecule has 0 spiro atoms. The minimum Gasteiger partial charge on any atom is -0.497 e. The van der Waals surface area contributed by atoms with Gasteiger partial charge in [-0.3, -0.25) is 19.3 Å². The number of benzene rings is 5. The first-order valence-corrected chi connectivity index (χ1v) is 18.7. The number of aromatic nitrogens is 1. The molecule has 0 radical (unpaired) electrons. The molecule has 1 amide bonds. The lowest BCUT2D eigenvalue weighted by atomic mass is 9.95. The van der Waals surface area contributed by atoms with E-state index in [9.17, 15) is 9.59 Å². The summed E-state index contributed by atoms with van der Waals surface area (Å²) >= 11 is 0. The molecular formula is C46H43F2N3O7. The highest BCUT2D eigenvalue weighted by Gasteiger charge is 2.43. The second-order valence-electron chi connectivity index (χ2n) is 13.7. The molecule has 58 heavy (non-hydrogen) atoms. The first kappa shape index (κ1) is 39.6. The van der Waals surface area contributed by atoms with Crippen molar-refractivity contribution >= 4 is 5.91 Å². The van der Waals surface area contributed by atoms with E-state index in [1.54, 1.807) is 38.1 Å². The SMILES string of the molecule is COc1ccc(COCCC2N(C)C(=O)c3c(OCc4ccccc4)c(=O)ccn3N2C(c2ccccc2)c2cc(F)c(F)cc2OCc2ccc(OC)cc2)cc1. The van der Waals surface area contributed by atoms with Gasteiger partial charge in [-0.25, -0.2) is 8.78 Å². The van der Waals surface area contributed by atoms with Crippen LogP contribution in [0.15, 0.2) is 138 Å². The van der Waals surface area contributed by atoms with E-state index in [4.69, 9.17) is 23.7 Å². The molecule has 1 aliphatic heterocycles. The quantitative estimate of drug-likeness (QED) is 0.0911. The second kappa shape index (κ2) is 18.1. The minimum atomic E-state index is -1.09. The molecular weight excluding hydrogens is 745 g/mol. The monoisotopic (exact) mass is 787 g/mol. The normalized spacial score (nSPS) is 14.2. The Morgan fingerprint density at radius 1 is 0.672 bits per heavy atom.